The highest BCUT2D eigenvalue weighted by molar-refractivity contribution is 6.35. The van der Waals surface area contributed by atoms with Crippen molar-refractivity contribution in [3.05, 3.63) is 33.8 Å². The maximum absolute atomic E-state index is 6.21. The van der Waals surface area contributed by atoms with Gasteiger partial charge >= 0.3 is 0 Å². The van der Waals surface area contributed by atoms with Crippen molar-refractivity contribution < 1.29 is 0 Å². The van der Waals surface area contributed by atoms with Crippen LogP contribution in [0, 0.1) is 5.92 Å². The van der Waals surface area contributed by atoms with Crippen LogP contribution in [0.4, 0.5) is 0 Å². The topological polar surface area (TPSA) is 15.3 Å². The summed E-state index contributed by atoms with van der Waals surface area (Å²) in [5, 5.41) is 5.14. The number of hydrogen-bond donors (Lipinski definition) is 1. The van der Waals surface area contributed by atoms with E-state index in [0.29, 0.717) is 11.1 Å². The van der Waals surface area contributed by atoms with E-state index in [1.165, 1.54) is 38.0 Å². The lowest BCUT2D eigenvalue weighted by molar-refractivity contribution is 0.157. The molecule has 118 valence electrons. The zero-order valence-corrected chi connectivity index (χ0v) is 14.6. The van der Waals surface area contributed by atoms with E-state index < -0.39 is 0 Å². The highest BCUT2D eigenvalue weighted by Gasteiger charge is 2.23. The van der Waals surface area contributed by atoms with Gasteiger partial charge in [-0.25, -0.2) is 0 Å². The zero-order chi connectivity index (χ0) is 15.2. The summed E-state index contributed by atoms with van der Waals surface area (Å²) >= 11 is 12.1. The highest BCUT2D eigenvalue weighted by Crippen LogP contribution is 2.22. The average Bonchev–Trinajstić information content (AvgIpc) is 2.49. The van der Waals surface area contributed by atoms with E-state index >= 15 is 0 Å². The van der Waals surface area contributed by atoms with E-state index in [1.807, 2.05) is 18.2 Å². The van der Waals surface area contributed by atoms with Crippen molar-refractivity contribution in [3.63, 3.8) is 0 Å². The monoisotopic (exact) mass is 328 g/mol. The molecule has 0 amide bonds. The third kappa shape index (κ3) is 5.14. The summed E-state index contributed by atoms with van der Waals surface area (Å²) in [7, 11) is 0. The fourth-order valence-corrected chi connectivity index (χ4v) is 3.62. The standard InChI is InChI=1S/C17H26Cl2N2/c1-3-21-10-4-5-15(12-21)13(2)20-9-8-14-6-7-16(18)11-17(14)19/h6-7,11,13,15,20H,3-5,8-10,12H2,1-2H3. The van der Waals surface area contributed by atoms with Crippen molar-refractivity contribution in [1.82, 2.24) is 10.2 Å². The zero-order valence-electron chi connectivity index (χ0n) is 13.0. The van der Waals surface area contributed by atoms with Crippen LogP contribution in [0.1, 0.15) is 32.3 Å². The fourth-order valence-electron chi connectivity index (χ4n) is 3.11. The van der Waals surface area contributed by atoms with Gasteiger partial charge in [0.2, 0.25) is 0 Å². The number of halogens is 2. The third-order valence-electron chi connectivity index (χ3n) is 4.57. The Morgan fingerprint density at radius 1 is 1.38 bits per heavy atom. The van der Waals surface area contributed by atoms with Crippen LogP contribution in [0.3, 0.4) is 0 Å². The van der Waals surface area contributed by atoms with Gasteiger partial charge in [0.15, 0.2) is 0 Å². The molecule has 1 aromatic carbocycles. The van der Waals surface area contributed by atoms with Gasteiger partial charge in [0.25, 0.3) is 0 Å². The predicted molar refractivity (Wildman–Crippen MR) is 92.5 cm³/mol. The van der Waals surface area contributed by atoms with Gasteiger partial charge < -0.3 is 10.2 Å². The molecule has 1 aromatic rings. The van der Waals surface area contributed by atoms with Crippen molar-refractivity contribution in [2.45, 2.75) is 39.2 Å². The van der Waals surface area contributed by atoms with E-state index in [0.717, 1.165) is 23.9 Å². The molecule has 1 aliphatic heterocycles. The van der Waals surface area contributed by atoms with E-state index in [-0.39, 0.29) is 0 Å². The third-order valence-corrected chi connectivity index (χ3v) is 5.16. The second-order valence-electron chi connectivity index (χ2n) is 6.02. The number of nitrogens with one attached hydrogen (secondary N) is 1. The molecule has 2 atom stereocenters. The van der Waals surface area contributed by atoms with Gasteiger partial charge in [0, 0.05) is 22.6 Å². The first-order valence-corrected chi connectivity index (χ1v) is 8.75. The molecule has 1 heterocycles. The maximum atomic E-state index is 6.21. The normalized spacial score (nSPS) is 21.4. The van der Waals surface area contributed by atoms with Crippen LogP contribution < -0.4 is 5.32 Å². The maximum Gasteiger partial charge on any atom is 0.0453 e. The Bertz CT molecular complexity index is 450. The molecule has 2 unspecified atom stereocenters. The van der Waals surface area contributed by atoms with E-state index in [1.54, 1.807) is 0 Å². The predicted octanol–water partition coefficient (Wildman–Crippen LogP) is 4.25. The van der Waals surface area contributed by atoms with E-state index in [2.05, 4.69) is 24.1 Å². The number of rotatable bonds is 6. The lowest BCUT2D eigenvalue weighted by atomic mass is 9.91. The van der Waals surface area contributed by atoms with Gasteiger partial charge in [-0.2, -0.15) is 0 Å². The summed E-state index contributed by atoms with van der Waals surface area (Å²) in [5.74, 6) is 0.763. The van der Waals surface area contributed by atoms with Crippen LogP contribution in [0.25, 0.3) is 0 Å². The van der Waals surface area contributed by atoms with Crippen LogP contribution >= 0.6 is 23.2 Å². The van der Waals surface area contributed by atoms with Gasteiger partial charge in [-0.3, -0.25) is 0 Å². The van der Waals surface area contributed by atoms with Gasteiger partial charge in [-0.1, -0.05) is 36.2 Å². The molecule has 1 saturated heterocycles. The number of piperidine rings is 1. The van der Waals surface area contributed by atoms with Gasteiger partial charge in [0.05, 0.1) is 0 Å². The van der Waals surface area contributed by atoms with E-state index in [4.69, 9.17) is 23.2 Å². The minimum atomic E-state index is 0.561. The first kappa shape index (κ1) is 17.1. The Hall–Kier alpha value is -0.280. The molecule has 0 bridgehead atoms. The minimum absolute atomic E-state index is 0.561. The van der Waals surface area contributed by atoms with Crippen LogP contribution in [0.2, 0.25) is 10.0 Å². The van der Waals surface area contributed by atoms with Crippen LogP contribution in [-0.2, 0) is 6.42 Å². The molecular formula is C17H26Cl2N2. The Labute approximate surface area is 138 Å². The summed E-state index contributed by atoms with van der Waals surface area (Å²) in [6.07, 6.45) is 3.62. The molecule has 0 saturated carbocycles. The van der Waals surface area contributed by atoms with E-state index in [9.17, 15) is 0 Å². The smallest absolute Gasteiger partial charge is 0.0453 e. The SMILES string of the molecule is CCN1CCCC(C(C)NCCc2ccc(Cl)cc2Cl)C1. The summed E-state index contributed by atoms with van der Waals surface area (Å²) in [6, 6.07) is 6.32. The van der Waals surface area contributed by atoms with Crippen LogP contribution in [0.5, 0.6) is 0 Å². The fraction of sp³-hybridized carbons (Fsp3) is 0.647. The lowest BCUT2D eigenvalue weighted by Crippen LogP contribution is -2.44. The molecule has 0 aromatic heterocycles. The first-order chi connectivity index (χ1) is 10.1. The Morgan fingerprint density at radius 2 is 2.19 bits per heavy atom. The lowest BCUT2D eigenvalue weighted by Gasteiger charge is -2.35. The molecule has 1 N–H and O–H groups in total. The summed E-state index contributed by atoms with van der Waals surface area (Å²) in [6.45, 7) is 9.19. The molecule has 21 heavy (non-hydrogen) atoms. The van der Waals surface area contributed by atoms with Gasteiger partial charge in [0.1, 0.15) is 0 Å². The number of hydrogen-bond acceptors (Lipinski definition) is 2. The minimum Gasteiger partial charge on any atom is -0.314 e. The quantitative estimate of drug-likeness (QED) is 0.839. The van der Waals surface area contributed by atoms with Crippen LogP contribution in [0.15, 0.2) is 18.2 Å². The summed E-state index contributed by atoms with van der Waals surface area (Å²) in [5.41, 5.74) is 1.17. The van der Waals surface area contributed by atoms with Crippen molar-refractivity contribution in [3.8, 4) is 0 Å². The largest absolute Gasteiger partial charge is 0.314 e. The second kappa shape index (κ2) is 8.38. The Morgan fingerprint density at radius 3 is 2.90 bits per heavy atom. The highest BCUT2D eigenvalue weighted by atomic mass is 35.5. The molecule has 2 nitrogen and oxygen atoms in total. The van der Waals surface area contributed by atoms with Crippen molar-refractivity contribution in [2.75, 3.05) is 26.2 Å². The molecule has 4 heteroatoms. The molecule has 0 radical (unpaired) electrons. The Kier molecular flexibility index (Phi) is 6.81. The van der Waals surface area contributed by atoms with Crippen molar-refractivity contribution in [2.24, 2.45) is 5.92 Å². The summed E-state index contributed by atoms with van der Waals surface area (Å²) < 4.78 is 0. The molecule has 1 fully saturated rings. The molecule has 0 spiro atoms. The molecular weight excluding hydrogens is 303 g/mol. The van der Waals surface area contributed by atoms with Gasteiger partial charge in [-0.15, -0.1) is 0 Å². The molecule has 0 aliphatic carbocycles. The van der Waals surface area contributed by atoms with Crippen molar-refractivity contribution >= 4 is 23.2 Å². The average molecular weight is 329 g/mol. The Balaban J connectivity index is 1.77. The van der Waals surface area contributed by atoms with Crippen LogP contribution in [-0.4, -0.2) is 37.1 Å². The number of nitrogens with zero attached hydrogens (tertiary/aromatic N) is 1. The van der Waals surface area contributed by atoms with Crippen molar-refractivity contribution in [1.29, 1.82) is 0 Å². The second-order valence-corrected chi connectivity index (χ2v) is 6.87. The molecule has 2 rings (SSSR count). The molecule has 1 aliphatic rings. The number of benzene rings is 1. The number of likely N-dealkylation sites (tertiary alicyclic amines) is 1. The van der Waals surface area contributed by atoms with Gasteiger partial charge in [-0.05, 0) is 69.4 Å². The first-order valence-electron chi connectivity index (χ1n) is 7.99. The summed E-state index contributed by atoms with van der Waals surface area (Å²) in [4.78, 5) is 2.56.